The van der Waals surface area contributed by atoms with Crippen molar-refractivity contribution < 1.29 is 0 Å². The zero-order valence-electron chi connectivity index (χ0n) is 15.8. The minimum Gasteiger partial charge on any atom is -0.348 e. The number of hydrogen-bond acceptors (Lipinski definition) is 1. The van der Waals surface area contributed by atoms with Crippen molar-refractivity contribution in [2.24, 2.45) is 0 Å². The lowest BCUT2D eigenvalue weighted by molar-refractivity contribution is 0.531. The van der Waals surface area contributed by atoms with Gasteiger partial charge in [-0.3, -0.25) is 0 Å². The van der Waals surface area contributed by atoms with E-state index in [1.54, 1.807) is 0 Å². The molecule has 23 heavy (non-hydrogen) atoms. The molecule has 1 aromatic rings. The Bertz CT molecular complexity index is 356. The first-order chi connectivity index (χ1) is 11.3. The van der Waals surface area contributed by atoms with E-state index in [1.807, 2.05) is 13.1 Å². The van der Waals surface area contributed by atoms with Gasteiger partial charge in [0, 0.05) is 12.6 Å². The molecule has 0 atom stereocenters. The van der Waals surface area contributed by atoms with Crippen molar-refractivity contribution in [3.63, 3.8) is 0 Å². The SMILES string of the molecule is CCCCCCCCCCCCCCCCCc1nc(C)c[nH]1. The van der Waals surface area contributed by atoms with Crippen molar-refractivity contribution in [2.75, 3.05) is 0 Å². The highest BCUT2D eigenvalue weighted by Crippen LogP contribution is 2.13. The van der Waals surface area contributed by atoms with Crippen LogP contribution in [0.5, 0.6) is 0 Å². The molecule has 0 aliphatic heterocycles. The molecule has 0 saturated carbocycles. The van der Waals surface area contributed by atoms with E-state index in [4.69, 9.17) is 0 Å². The number of hydrogen-bond donors (Lipinski definition) is 1. The molecule has 1 rings (SSSR count). The molecule has 0 fully saturated rings. The van der Waals surface area contributed by atoms with Gasteiger partial charge < -0.3 is 4.98 Å². The van der Waals surface area contributed by atoms with Crippen LogP contribution in [0.1, 0.15) is 115 Å². The maximum atomic E-state index is 4.46. The lowest BCUT2D eigenvalue weighted by Gasteiger charge is -2.03. The van der Waals surface area contributed by atoms with Crippen LogP contribution in [0.25, 0.3) is 0 Å². The Morgan fingerprint density at radius 3 is 1.52 bits per heavy atom. The van der Waals surface area contributed by atoms with Gasteiger partial charge in [-0.15, -0.1) is 0 Å². The van der Waals surface area contributed by atoms with E-state index in [0.717, 1.165) is 17.9 Å². The number of imidazole rings is 1. The molecular formula is C21H40N2. The first kappa shape index (κ1) is 20.3. The summed E-state index contributed by atoms with van der Waals surface area (Å²) in [5.41, 5.74) is 1.11. The van der Waals surface area contributed by atoms with Crippen LogP contribution in [0, 0.1) is 6.92 Å². The normalized spacial score (nSPS) is 11.2. The van der Waals surface area contributed by atoms with Crippen LogP contribution >= 0.6 is 0 Å². The smallest absolute Gasteiger partial charge is 0.106 e. The molecular weight excluding hydrogens is 280 g/mol. The van der Waals surface area contributed by atoms with Crippen LogP contribution in [-0.4, -0.2) is 9.97 Å². The summed E-state index contributed by atoms with van der Waals surface area (Å²) in [5, 5.41) is 0. The van der Waals surface area contributed by atoms with Crippen molar-refractivity contribution in [3.05, 3.63) is 17.7 Å². The first-order valence-electron chi connectivity index (χ1n) is 10.3. The van der Waals surface area contributed by atoms with Gasteiger partial charge in [0.2, 0.25) is 0 Å². The second-order valence-corrected chi connectivity index (χ2v) is 7.19. The quantitative estimate of drug-likeness (QED) is 0.322. The number of aryl methyl sites for hydroxylation is 2. The predicted octanol–water partition coefficient (Wildman–Crippen LogP) is 7.13. The van der Waals surface area contributed by atoms with Gasteiger partial charge >= 0.3 is 0 Å². The fraction of sp³-hybridized carbons (Fsp3) is 0.857. The molecule has 1 aromatic heterocycles. The van der Waals surface area contributed by atoms with Crippen molar-refractivity contribution in [1.29, 1.82) is 0 Å². The molecule has 0 aliphatic carbocycles. The summed E-state index contributed by atoms with van der Waals surface area (Å²) in [6.07, 6.45) is 24.5. The fourth-order valence-corrected chi connectivity index (χ4v) is 3.26. The van der Waals surface area contributed by atoms with Crippen LogP contribution in [0.2, 0.25) is 0 Å². The molecule has 0 radical (unpaired) electrons. The standard InChI is InChI=1S/C21H40N2/c1-3-4-5-6-7-8-9-10-11-12-13-14-15-16-17-18-21-22-19-20(2)23-21/h19H,3-18H2,1-2H3,(H,22,23). The van der Waals surface area contributed by atoms with Gasteiger partial charge in [-0.2, -0.15) is 0 Å². The van der Waals surface area contributed by atoms with Gasteiger partial charge in [-0.1, -0.05) is 96.8 Å². The van der Waals surface area contributed by atoms with E-state index in [2.05, 4.69) is 16.9 Å². The Morgan fingerprint density at radius 1 is 0.696 bits per heavy atom. The van der Waals surface area contributed by atoms with Crippen LogP contribution in [0.3, 0.4) is 0 Å². The van der Waals surface area contributed by atoms with Gasteiger partial charge in [-0.05, 0) is 13.3 Å². The van der Waals surface area contributed by atoms with E-state index in [-0.39, 0.29) is 0 Å². The molecule has 0 aromatic carbocycles. The van der Waals surface area contributed by atoms with Crippen LogP contribution < -0.4 is 0 Å². The molecule has 2 heteroatoms. The number of unbranched alkanes of at least 4 members (excludes halogenated alkanes) is 14. The third kappa shape index (κ3) is 12.3. The summed E-state index contributed by atoms with van der Waals surface area (Å²) in [4.78, 5) is 7.70. The third-order valence-corrected chi connectivity index (χ3v) is 4.78. The Kier molecular flexibility index (Phi) is 13.0. The zero-order chi connectivity index (χ0) is 16.6. The van der Waals surface area contributed by atoms with E-state index in [9.17, 15) is 0 Å². The molecule has 0 amide bonds. The summed E-state index contributed by atoms with van der Waals surface area (Å²) in [6, 6.07) is 0. The highest BCUT2D eigenvalue weighted by Gasteiger charge is 1.98. The summed E-state index contributed by atoms with van der Waals surface area (Å²) in [7, 11) is 0. The van der Waals surface area contributed by atoms with E-state index >= 15 is 0 Å². The highest BCUT2D eigenvalue weighted by atomic mass is 14.9. The largest absolute Gasteiger partial charge is 0.348 e. The van der Waals surface area contributed by atoms with Gasteiger partial charge in [0.05, 0.1) is 5.69 Å². The maximum absolute atomic E-state index is 4.46. The van der Waals surface area contributed by atoms with Crippen molar-refractivity contribution >= 4 is 0 Å². The third-order valence-electron chi connectivity index (χ3n) is 4.78. The van der Waals surface area contributed by atoms with Gasteiger partial charge in [0.25, 0.3) is 0 Å². The topological polar surface area (TPSA) is 28.7 Å². The average Bonchev–Trinajstić information content (AvgIpc) is 2.96. The number of aromatic nitrogens is 2. The fourth-order valence-electron chi connectivity index (χ4n) is 3.26. The summed E-state index contributed by atoms with van der Waals surface area (Å²) >= 11 is 0. The number of rotatable bonds is 16. The Labute approximate surface area is 144 Å². The molecule has 0 bridgehead atoms. The molecule has 0 aliphatic rings. The number of H-pyrrole nitrogens is 1. The lowest BCUT2D eigenvalue weighted by atomic mass is 10.0. The summed E-state index contributed by atoms with van der Waals surface area (Å²) in [6.45, 7) is 4.34. The van der Waals surface area contributed by atoms with Gasteiger partial charge in [-0.25, -0.2) is 4.98 Å². The zero-order valence-corrected chi connectivity index (χ0v) is 15.8. The van der Waals surface area contributed by atoms with Crippen LogP contribution in [0.4, 0.5) is 0 Å². The average molecular weight is 321 g/mol. The van der Waals surface area contributed by atoms with Crippen molar-refractivity contribution in [2.45, 2.75) is 117 Å². The second-order valence-electron chi connectivity index (χ2n) is 7.19. The first-order valence-corrected chi connectivity index (χ1v) is 10.3. The lowest BCUT2D eigenvalue weighted by Crippen LogP contribution is -1.89. The molecule has 0 spiro atoms. The molecule has 134 valence electrons. The highest BCUT2D eigenvalue weighted by molar-refractivity contribution is 4.98. The molecule has 1 heterocycles. The summed E-state index contributed by atoms with van der Waals surface area (Å²) < 4.78 is 0. The maximum Gasteiger partial charge on any atom is 0.106 e. The van der Waals surface area contributed by atoms with E-state index in [0.29, 0.717) is 0 Å². The molecule has 0 unspecified atom stereocenters. The second kappa shape index (κ2) is 14.8. The predicted molar refractivity (Wildman–Crippen MR) is 102 cm³/mol. The Morgan fingerprint density at radius 2 is 1.13 bits per heavy atom. The van der Waals surface area contributed by atoms with Crippen LogP contribution in [-0.2, 0) is 6.42 Å². The molecule has 2 nitrogen and oxygen atoms in total. The van der Waals surface area contributed by atoms with Crippen molar-refractivity contribution in [1.82, 2.24) is 9.97 Å². The van der Waals surface area contributed by atoms with Gasteiger partial charge in [0.15, 0.2) is 0 Å². The Balaban J connectivity index is 1.71. The van der Waals surface area contributed by atoms with E-state index < -0.39 is 0 Å². The monoisotopic (exact) mass is 320 g/mol. The number of nitrogens with zero attached hydrogens (tertiary/aromatic N) is 1. The minimum atomic E-state index is 1.11. The van der Waals surface area contributed by atoms with Crippen LogP contribution in [0.15, 0.2) is 6.20 Å². The molecule has 1 N–H and O–H groups in total. The summed E-state index contributed by atoms with van der Waals surface area (Å²) in [5.74, 6) is 1.16. The van der Waals surface area contributed by atoms with E-state index in [1.165, 1.54) is 96.3 Å². The van der Waals surface area contributed by atoms with Crippen molar-refractivity contribution in [3.8, 4) is 0 Å². The number of aromatic amines is 1. The number of nitrogens with one attached hydrogen (secondary N) is 1. The molecule has 0 saturated heterocycles. The minimum absolute atomic E-state index is 1.11. The van der Waals surface area contributed by atoms with Gasteiger partial charge in [0.1, 0.15) is 5.82 Å². The Hall–Kier alpha value is -0.790.